The number of aromatic nitrogens is 5. The molecule has 66 heavy (non-hydrogen) atoms. The van der Waals surface area contributed by atoms with Crippen molar-refractivity contribution in [1.82, 2.24) is 24.5 Å². The van der Waals surface area contributed by atoms with Crippen LogP contribution in [0.5, 0.6) is 0 Å². The predicted octanol–water partition coefficient (Wildman–Crippen LogP) is 15.6. The fourth-order valence-electron chi connectivity index (χ4n) is 8.26. The van der Waals surface area contributed by atoms with E-state index in [0.29, 0.717) is 50.3 Å². The molecule has 8 heteroatoms. The molecule has 5 aromatic heterocycles. The van der Waals surface area contributed by atoms with Crippen LogP contribution in [0.2, 0.25) is 0 Å². The van der Waals surface area contributed by atoms with Gasteiger partial charge in [-0.05, 0) is 87.4 Å². The van der Waals surface area contributed by atoms with Gasteiger partial charge in [0.1, 0.15) is 0 Å². The van der Waals surface area contributed by atoms with Crippen molar-refractivity contribution in [2.45, 2.75) is 106 Å². The zero-order chi connectivity index (χ0) is 50.9. The van der Waals surface area contributed by atoms with Gasteiger partial charge in [-0.15, -0.1) is 53.6 Å². The summed E-state index contributed by atoms with van der Waals surface area (Å²) in [7, 11) is 0. The summed E-state index contributed by atoms with van der Waals surface area (Å²) < 4.78 is 66.1. The number of fused-ring (bicyclic) bond motifs is 5. The molecule has 0 saturated heterocycles. The van der Waals surface area contributed by atoms with Crippen LogP contribution in [0.15, 0.2) is 124 Å². The Hall–Kier alpha value is -6.21. The van der Waals surface area contributed by atoms with Crippen LogP contribution in [-0.4, -0.2) is 24.5 Å². The van der Waals surface area contributed by atoms with Crippen molar-refractivity contribution in [3.63, 3.8) is 0 Å². The summed E-state index contributed by atoms with van der Waals surface area (Å²) in [6.45, 7) is 16.0. The number of hydrogen-bond donors (Lipinski definition) is 0. The van der Waals surface area contributed by atoms with Gasteiger partial charge in [0.2, 0.25) is 17.3 Å². The van der Waals surface area contributed by atoms with Gasteiger partial charge < -0.3 is 18.4 Å². The van der Waals surface area contributed by atoms with E-state index in [2.05, 4.69) is 107 Å². The Morgan fingerprint density at radius 2 is 1.42 bits per heavy atom. The molecular formula is C58H57IrN5O2-2. The van der Waals surface area contributed by atoms with E-state index in [1.165, 1.54) is 11.6 Å². The summed E-state index contributed by atoms with van der Waals surface area (Å²) in [5.41, 5.74) is 10.6. The van der Waals surface area contributed by atoms with Crippen molar-refractivity contribution in [2.24, 2.45) is 0 Å². The molecule has 0 aliphatic carbocycles. The quantitative estimate of drug-likeness (QED) is 0.154. The van der Waals surface area contributed by atoms with E-state index >= 15 is 0 Å². The van der Waals surface area contributed by atoms with Crippen molar-refractivity contribution in [3.05, 3.63) is 161 Å². The molecule has 7 nitrogen and oxygen atoms in total. The maximum absolute atomic E-state index is 8.64. The van der Waals surface area contributed by atoms with Gasteiger partial charge in [0.15, 0.2) is 5.58 Å². The summed E-state index contributed by atoms with van der Waals surface area (Å²) >= 11 is 0. The molecule has 0 bridgehead atoms. The van der Waals surface area contributed by atoms with Gasteiger partial charge in [-0.2, -0.15) is 9.97 Å². The number of rotatable bonds is 6. The molecule has 0 N–H and O–H groups in total. The molecular weight excluding hydrogens is 991 g/mol. The largest absolute Gasteiger partial charge is 0.486 e. The molecule has 0 unspecified atom stereocenters. The maximum atomic E-state index is 8.64. The number of furan rings is 1. The molecule has 0 saturated carbocycles. The number of oxazole rings is 1. The van der Waals surface area contributed by atoms with Crippen molar-refractivity contribution in [3.8, 4) is 39.5 Å². The molecule has 0 aliphatic heterocycles. The second kappa shape index (κ2) is 17.9. The van der Waals surface area contributed by atoms with Gasteiger partial charge >= 0.3 is 0 Å². The zero-order valence-electron chi connectivity index (χ0n) is 45.0. The maximum Gasteiger partial charge on any atom is 0.218 e. The Balaban J connectivity index is 0.000000347. The Morgan fingerprint density at radius 1 is 0.697 bits per heavy atom. The van der Waals surface area contributed by atoms with Crippen molar-refractivity contribution in [2.75, 3.05) is 0 Å². The molecule has 5 heterocycles. The summed E-state index contributed by atoms with van der Waals surface area (Å²) in [4.78, 5) is 19.0. The minimum atomic E-state index is -2.53. The Kier molecular flexibility index (Phi) is 10.6. The molecule has 337 valence electrons. The average molecular weight is 1050 g/mol. The first-order valence-corrected chi connectivity index (χ1v) is 22.2. The molecule has 0 aliphatic rings. The summed E-state index contributed by atoms with van der Waals surface area (Å²) in [5.74, 6) is 0.885. The topological polar surface area (TPSA) is 82.8 Å². The standard InChI is InChI=1S/C43H41N4O2.C15H16N.Ir/c1-23(2)30-20-28(27-15-11-10-12-16-27)21-31(24(3)4)37(30)47-36-26(6)14-13-17-33(36)44-40(47)29-19-18-25(5)35-32-22-34-39(45-41(32)49-38(29)35)46-42(48-34)43(7,8)9;1-15(2,3)13-9-10-14(16-11-13)12-7-5-4-6-8-12;/h10-18,20-24H,1-9H3;4-7,9-11H,1-3H3;/q2*-1;/i5D3,6D3;;. The van der Waals surface area contributed by atoms with Gasteiger partial charge in [-0.1, -0.05) is 142 Å². The normalized spacial score (nSPS) is 13.8. The van der Waals surface area contributed by atoms with E-state index in [-0.39, 0.29) is 65.2 Å². The van der Waals surface area contributed by atoms with Gasteiger partial charge in [-0.3, -0.25) is 4.98 Å². The molecule has 10 aromatic rings. The average Bonchev–Trinajstić information content (AvgIpc) is 4.03. The molecule has 1 radical (unpaired) electrons. The zero-order valence-corrected chi connectivity index (χ0v) is 41.4. The van der Waals surface area contributed by atoms with E-state index < -0.39 is 13.7 Å². The number of hydrogen-bond acceptors (Lipinski definition) is 6. The number of imidazole rings is 1. The predicted molar refractivity (Wildman–Crippen MR) is 267 cm³/mol. The third kappa shape index (κ3) is 8.65. The Labute approximate surface area is 410 Å². The van der Waals surface area contributed by atoms with Crippen LogP contribution in [-0.2, 0) is 30.9 Å². The fraction of sp³-hybridized carbons (Fsp3) is 0.276. The SMILES string of the molecule is CC(C)(C)c1ccc(-c2[c-]cccc2)nc1.[2H]C([2H])([2H])c1c[c-]c(-c2nc3cccc(C([2H])([2H])[2H])c3n2-c2c(C(C)C)cc(-c3ccccc3)cc2C(C)C)c2oc3nc4nc(C(C)(C)C)oc4cc3c12.[Ir]. The molecule has 10 rings (SSSR count). The summed E-state index contributed by atoms with van der Waals surface area (Å²) in [6, 6.07) is 41.4. The monoisotopic (exact) mass is 1050 g/mol. The third-order valence-electron chi connectivity index (χ3n) is 11.8. The second-order valence-corrected chi connectivity index (χ2v) is 19.4. The number of benzene rings is 5. The number of pyridine rings is 2. The van der Waals surface area contributed by atoms with E-state index in [0.717, 1.165) is 39.2 Å². The van der Waals surface area contributed by atoms with Crippen LogP contribution >= 0.6 is 0 Å². The number of nitrogens with zero attached hydrogens (tertiary/aromatic N) is 5. The van der Waals surface area contributed by atoms with E-state index in [4.69, 9.17) is 27.0 Å². The second-order valence-electron chi connectivity index (χ2n) is 19.4. The van der Waals surface area contributed by atoms with Gasteiger partial charge in [0.05, 0.1) is 22.4 Å². The van der Waals surface area contributed by atoms with Gasteiger partial charge in [-0.25, -0.2) is 0 Å². The van der Waals surface area contributed by atoms with Crippen LogP contribution in [0.3, 0.4) is 0 Å². The van der Waals surface area contributed by atoms with Crippen LogP contribution in [0.25, 0.3) is 83.8 Å². The number of aryl methyl sites for hydroxylation is 2. The molecule has 0 fully saturated rings. The van der Waals surface area contributed by atoms with E-state index in [9.17, 15) is 0 Å². The van der Waals surface area contributed by atoms with E-state index in [1.807, 2.05) is 74.0 Å². The van der Waals surface area contributed by atoms with Crippen molar-refractivity contribution < 1.29 is 37.2 Å². The van der Waals surface area contributed by atoms with Crippen LogP contribution in [0.1, 0.15) is 123 Å². The van der Waals surface area contributed by atoms with Gasteiger partial charge in [0.25, 0.3) is 0 Å². The molecule has 0 amide bonds. The van der Waals surface area contributed by atoms with Crippen LogP contribution in [0, 0.1) is 25.8 Å². The van der Waals surface area contributed by atoms with Gasteiger partial charge in [0, 0.05) is 51.0 Å². The fourth-order valence-corrected chi connectivity index (χ4v) is 8.26. The molecule has 5 aromatic carbocycles. The third-order valence-corrected chi connectivity index (χ3v) is 11.8. The smallest absolute Gasteiger partial charge is 0.218 e. The minimum absolute atomic E-state index is 0. The Bertz CT molecular complexity index is 3550. The summed E-state index contributed by atoms with van der Waals surface area (Å²) in [5, 5.41) is 0.776. The summed E-state index contributed by atoms with van der Waals surface area (Å²) in [6.07, 6.45) is 1.95. The Morgan fingerprint density at radius 3 is 2.05 bits per heavy atom. The number of para-hydroxylation sites is 1. The first kappa shape index (κ1) is 39.0. The first-order chi connectivity index (χ1) is 33.4. The van der Waals surface area contributed by atoms with Crippen molar-refractivity contribution >= 4 is 44.3 Å². The van der Waals surface area contributed by atoms with Crippen molar-refractivity contribution in [1.29, 1.82) is 0 Å². The van der Waals surface area contributed by atoms with Crippen LogP contribution in [0.4, 0.5) is 0 Å². The minimum Gasteiger partial charge on any atom is -0.486 e. The molecule has 0 atom stereocenters. The van der Waals surface area contributed by atoms with E-state index in [1.54, 1.807) is 24.3 Å². The first-order valence-electron chi connectivity index (χ1n) is 25.2. The van der Waals surface area contributed by atoms with Crippen LogP contribution < -0.4 is 0 Å². The molecule has 0 spiro atoms.